The van der Waals surface area contributed by atoms with Crippen molar-refractivity contribution >= 4 is 11.9 Å². The quantitative estimate of drug-likeness (QED) is 0.0504. The Morgan fingerprint density at radius 2 is 0.457 bits per heavy atom. The standard InChI is InChI=1S/2C19H38O2.C2H6O2/c2*1-2-3-4-5-6-7-8-9-10-11-12-13-14-15-16-17-18-19(20)21;3-1-2-4/h2*2-18H2,1H3,(H,20,21);3-4H,1-2H2. The minimum atomic E-state index is -0.652. The molecule has 6 nitrogen and oxygen atoms in total. The van der Waals surface area contributed by atoms with Gasteiger partial charge in [0.05, 0.1) is 13.2 Å². The molecule has 0 aliphatic rings. The van der Waals surface area contributed by atoms with E-state index in [-0.39, 0.29) is 13.2 Å². The molecule has 0 saturated heterocycles. The smallest absolute Gasteiger partial charge is 0.303 e. The number of rotatable bonds is 35. The summed E-state index contributed by atoms with van der Waals surface area (Å²) in [5.41, 5.74) is 0. The van der Waals surface area contributed by atoms with Gasteiger partial charge in [0.25, 0.3) is 0 Å². The average Bonchev–Trinajstić information content (AvgIpc) is 3.04. The van der Waals surface area contributed by atoms with E-state index in [4.69, 9.17) is 20.4 Å². The Bertz CT molecular complexity index is 506. The fourth-order valence-electron chi connectivity index (χ4n) is 5.65. The van der Waals surface area contributed by atoms with Gasteiger partial charge >= 0.3 is 11.9 Å². The molecule has 0 spiro atoms. The van der Waals surface area contributed by atoms with Crippen LogP contribution in [0.4, 0.5) is 0 Å². The predicted octanol–water partition coefficient (Wildman–Crippen LogP) is 12.4. The Morgan fingerprint density at radius 1 is 0.304 bits per heavy atom. The highest BCUT2D eigenvalue weighted by atomic mass is 16.4. The van der Waals surface area contributed by atoms with Crippen LogP contribution < -0.4 is 0 Å². The van der Waals surface area contributed by atoms with Crippen molar-refractivity contribution in [2.24, 2.45) is 0 Å². The summed E-state index contributed by atoms with van der Waals surface area (Å²) in [5.74, 6) is -1.30. The van der Waals surface area contributed by atoms with E-state index in [0.717, 1.165) is 25.7 Å². The van der Waals surface area contributed by atoms with Crippen molar-refractivity contribution in [3.63, 3.8) is 0 Å². The maximum atomic E-state index is 10.3. The molecule has 0 atom stereocenters. The van der Waals surface area contributed by atoms with Gasteiger partial charge in [0.1, 0.15) is 0 Å². The van der Waals surface area contributed by atoms with Crippen molar-refractivity contribution in [3.8, 4) is 0 Å². The van der Waals surface area contributed by atoms with E-state index in [1.54, 1.807) is 0 Å². The third kappa shape index (κ3) is 58.4. The summed E-state index contributed by atoms with van der Waals surface area (Å²) >= 11 is 0. The Hall–Kier alpha value is -1.14. The van der Waals surface area contributed by atoms with Gasteiger partial charge in [-0.1, -0.05) is 206 Å². The first kappa shape index (κ1) is 49.2. The molecule has 0 aromatic carbocycles. The van der Waals surface area contributed by atoms with Gasteiger partial charge in [0, 0.05) is 12.8 Å². The first-order chi connectivity index (χ1) is 22.5. The van der Waals surface area contributed by atoms with Gasteiger partial charge in [-0.2, -0.15) is 0 Å². The molecular formula is C40H82O6. The van der Waals surface area contributed by atoms with Crippen LogP contribution >= 0.6 is 0 Å². The van der Waals surface area contributed by atoms with Gasteiger partial charge < -0.3 is 20.4 Å². The summed E-state index contributed by atoms with van der Waals surface area (Å²) in [6.07, 6.45) is 43.3. The van der Waals surface area contributed by atoms with Crippen LogP contribution in [0, 0.1) is 0 Å². The molecule has 0 aliphatic carbocycles. The molecule has 0 fully saturated rings. The lowest BCUT2D eigenvalue weighted by atomic mass is 10.0. The van der Waals surface area contributed by atoms with Gasteiger partial charge in [-0.25, -0.2) is 0 Å². The summed E-state index contributed by atoms with van der Waals surface area (Å²) in [7, 11) is 0. The number of carboxylic acids is 2. The molecule has 0 aromatic heterocycles. The molecule has 0 aromatic rings. The van der Waals surface area contributed by atoms with Crippen LogP contribution in [-0.4, -0.2) is 45.6 Å². The number of carboxylic acid groups (broad SMARTS) is 2. The maximum Gasteiger partial charge on any atom is 0.303 e. The SMILES string of the molecule is CCCCCCCCCCCCCCCCCCC(=O)O.CCCCCCCCCCCCCCCCCCC(=O)O.OCCO. The molecule has 0 bridgehead atoms. The van der Waals surface area contributed by atoms with Gasteiger partial charge in [0.2, 0.25) is 0 Å². The average molecular weight is 659 g/mol. The van der Waals surface area contributed by atoms with Crippen LogP contribution in [0.1, 0.15) is 232 Å². The number of aliphatic hydroxyl groups is 2. The summed E-state index contributed by atoms with van der Waals surface area (Å²) in [6.45, 7) is 4.30. The van der Waals surface area contributed by atoms with Crippen LogP contribution in [0.3, 0.4) is 0 Å². The number of hydrogen-bond donors (Lipinski definition) is 4. The molecule has 46 heavy (non-hydrogen) atoms. The summed E-state index contributed by atoms with van der Waals surface area (Å²) in [4.78, 5) is 20.7. The number of unbranched alkanes of at least 4 members (excludes halogenated alkanes) is 30. The Kier molecular flexibility index (Phi) is 51.7. The highest BCUT2D eigenvalue weighted by molar-refractivity contribution is 5.66. The van der Waals surface area contributed by atoms with Crippen molar-refractivity contribution in [1.29, 1.82) is 0 Å². The van der Waals surface area contributed by atoms with Crippen molar-refractivity contribution in [2.75, 3.05) is 13.2 Å². The predicted molar refractivity (Wildman–Crippen MR) is 198 cm³/mol. The van der Waals surface area contributed by atoms with E-state index in [1.165, 1.54) is 180 Å². The first-order valence-electron chi connectivity index (χ1n) is 20.1. The molecular weight excluding hydrogens is 576 g/mol. The van der Waals surface area contributed by atoms with E-state index >= 15 is 0 Å². The lowest BCUT2D eigenvalue weighted by molar-refractivity contribution is -0.138. The summed E-state index contributed by atoms with van der Waals surface area (Å²) in [6, 6.07) is 0. The zero-order chi connectivity index (χ0) is 34.6. The van der Waals surface area contributed by atoms with Crippen LogP contribution in [0.15, 0.2) is 0 Å². The molecule has 4 N–H and O–H groups in total. The van der Waals surface area contributed by atoms with Crippen molar-refractivity contribution in [3.05, 3.63) is 0 Å². The van der Waals surface area contributed by atoms with Crippen molar-refractivity contribution in [1.82, 2.24) is 0 Å². The Labute approximate surface area is 286 Å². The normalized spacial score (nSPS) is 10.6. The number of aliphatic carboxylic acids is 2. The van der Waals surface area contributed by atoms with Crippen molar-refractivity contribution < 1.29 is 30.0 Å². The maximum absolute atomic E-state index is 10.3. The summed E-state index contributed by atoms with van der Waals surface area (Å²) in [5, 5.41) is 32.3. The van der Waals surface area contributed by atoms with Crippen LogP contribution in [0.2, 0.25) is 0 Å². The van der Waals surface area contributed by atoms with Gasteiger partial charge in [0.15, 0.2) is 0 Å². The molecule has 0 amide bonds. The molecule has 0 aliphatic heterocycles. The van der Waals surface area contributed by atoms with Crippen LogP contribution in [0.5, 0.6) is 0 Å². The lowest BCUT2D eigenvalue weighted by Crippen LogP contribution is -1.93. The van der Waals surface area contributed by atoms with Gasteiger partial charge in [-0.15, -0.1) is 0 Å². The molecule has 0 rings (SSSR count). The zero-order valence-corrected chi connectivity index (χ0v) is 31.1. The van der Waals surface area contributed by atoms with E-state index in [1.807, 2.05) is 0 Å². The minimum Gasteiger partial charge on any atom is -0.481 e. The van der Waals surface area contributed by atoms with E-state index in [9.17, 15) is 9.59 Å². The Balaban J connectivity index is -0.000000719. The topological polar surface area (TPSA) is 115 Å². The number of hydrogen-bond acceptors (Lipinski definition) is 4. The second-order valence-corrected chi connectivity index (χ2v) is 13.3. The third-order valence-electron chi connectivity index (χ3n) is 8.59. The summed E-state index contributed by atoms with van der Waals surface area (Å²) < 4.78 is 0. The van der Waals surface area contributed by atoms with E-state index in [2.05, 4.69) is 13.8 Å². The Morgan fingerprint density at radius 3 is 0.587 bits per heavy atom. The van der Waals surface area contributed by atoms with Gasteiger partial charge in [-0.05, 0) is 12.8 Å². The largest absolute Gasteiger partial charge is 0.481 e. The second kappa shape index (κ2) is 48.3. The third-order valence-corrected chi connectivity index (χ3v) is 8.59. The molecule has 0 heterocycles. The number of carbonyl (C=O) groups is 2. The molecule has 0 saturated carbocycles. The fraction of sp³-hybridized carbons (Fsp3) is 0.950. The minimum absolute atomic E-state index is 0.125. The van der Waals surface area contributed by atoms with Gasteiger partial charge in [-0.3, -0.25) is 9.59 Å². The highest BCUT2D eigenvalue weighted by Gasteiger charge is 1.98. The molecule has 0 unspecified atom stereocenters. The lowest BCUT2D eigenvalue weighted by Gasteiger charge is -2.03. The monoisotopic (exact) mass is 659 g/mol. The van der Waals surface area contributed by atoms with Crippen LogP contribution in [0.25, 0.3) is 0 Å². The second-order valence-electron chi connectivity index (χ2n) is 13.3. The fourth-order valence-corrected chi connectivity index (χ4v) is 5.65. The molecule has 6 heteroatoms. The highest BCUT2D eigenvalue weighted by Crippen LogP contribution is 2.15. The van der Waals surface area contributed by atoms with E-state index in [0.29, 0.717) is 12.8 Å². The van der Waals surface area contributed by atoms with Crippen molar-refractivity contribution in [2.45, 2.75) is 232 Å². The molecule has 278 valence electrons. The zero-order valence-electron chi connectivity index (χ0n) is 31.1. The van der Waals surface area contributed by atoms with E-state index < -0.39 is 11.9 Å². The number of aliphatic hydroxyl groups excluding tert-OH is 2. The van der Waals surface area contributed by atoms with Crippen LogP contribution in [-0.2, 0) is 9.59 Å². The first-order valence-corrected chi connectivity index (χ1v) is 20.1. The molecule has 0 radical (unpaired) electrons.